The lowest BCUT2D eigenvalue weighted by atomic mass is 10.0. The lowest BCUT2D eigenvalue weighted by Gasteiger charge is -2.12. The molecule has 116 valence electrons. The lowest BCUT2D eigenvalue weighted by Crippen LogP contribution is -2.29. The van der Waals surface area contributed by atoms with Gasteiger partial charge in [0, 0.05) is 13.0 Å². The zero-order valence-corrected chi connectivity index (χ0v) is 11.9. The van der Waals surface area contributed by atoms with Crippen molar-refractivity contribution in [3.63, 3.8) is 0 Å². The monoisotopic (exact) mass is 309 g/mol. The molecule has 0 saturated heterocycles. The third kappa shape index (κ3) is 2.01. The van der Waals surface area contributed by atoms with Crippen molar-refractivity contribution in [1.82, 2.24) is 0 Å². The molecule has 2 aromatic rings. The second kappa shape index (κ2) is 5.31. The Morgan fingerprint density at radius 2 is 1.55 bits per heavy atom. The summed E-state index contributed by atoms with van der Waals surface area (Å²) in [6, 6.07) is 1.14. The number of rotatable bonds is 4. The number of ether oxygens (including phenoxy) is 2. The first-order chi connectivity index (χ1) is 10.3. The van der Waals surface area contributed by atoms with Gasteiger partial charge in [-0.25, -0.2) is 0 Å². The van der Waals surface area contributed by atoms with Gasteiger partial charge in [0.25, 0.3) is 0 Å². The second-order valence-electron chi connectivity index (χ2n) is 4.29. The highest BCUT2D eigenvalue weighted by Crippen LogP contribution is 2.50. The number of fused-ring (bicyclic) bond motifs is 1. The molecule has 0 saturated carbocycles. The Labute approximate surface area is 123 Å². The van der Waals surface area contributed by atoms with Crippen LogP contribution < -0.4 is 14.2 Å². The largest absolute Gasteiger partial charge is 0.618 e. The Bertz CT molecular complexity index is 803. The van der Waals surface area contributed by atoms with E-state index in [0.717, 1.165) is 26.5 Å². The molecule has 2 rings (SSSR count). The second-order valence-corrected chi connectivity index (χ2v) is 4.29. The summed E-state index contributed by atoms with van der Waals surface area (Å²) < 4.78 is 10.3. The van der Waals surface area contributed by atoms with Crippen molar-refractivity contribution in [2.24, 2.45) is 0 Å². The van der Waals surface area contributed by atoms with Crippen molar-refractivity contribution in [1.29, 1.82) is 0 Å². The fourth-order valence-electron chi connectivity index (χ4n) is 2.32. The average molecular weight is 309 g/mol. The van der Waals surface area contributed by atoms with Gasteiger partial charge in [-0.1, -0.05) is 0 Å². The Kier molecular flexibility index (Phi) is 3.68. The molecule has 10 nitrogen and oxygen atoms in total. The number of nitro benzene ring substituents is 2. The highest BCUT2D eigenvalue weighted by Gasteiger charge is 2.37. The summed E-state index contributed by atoms with van der Waals surface area (Å²) in [5, 5.41) is 34.2. The Morgan fingerprint density at radius 1 is 1.05 bits per heavy atom. The minimum Gasteiger partial charge on any atom is -0.618 e. The zero-order chi connectivity index (χ0) is 16.6. The molecule has 0 bridgehead atoms. The van der Waals surface area contributed by atoms with Crippen LogP contribution in [0.15, 0.2) is 12.3 Å². The third-order valence-corrected chi connectivity index (χ3v) is 3.24. The molecule has 10 heteroatoms. The van der Waals surface area contributed by atoms with Crippen molar-refractivity contribution >= 4 is 22.1 Å². The summed E-state index contributed by atoms with van der Waals surface area (Å²) >= 11 is 0. The number of hydrogen-bond acceptors (Lipinski definition) is 7. The van der Waals surface area contributed by atoms with Gasteiger partial charge < -0.3 is 14.7 Å². The molecule has 0 aliphatic rings. The molecule has 0 spiro atoms. The number of hydrogen-bond donors (Lipinski definition) is 0. The molecule has 22 heavy (non-hydrogen) atoms. The highest BCUT2D eigenvalue weighted by molar-refractivity contribution is 6.03. The number of methoxy groups -OCH3 is 2. The van der Waals surface area contributed by atoms with Crippen molar-refractivity contribution in [3.8, 4) is 11.5 Å². The Balaban J connectivity index is 3.21. The van der Waals surface area contributed by atoms with E-state index in [4.69, 9.17) is 9.47 Å². The number of pyridine rings is 1. The number of aromatic nitrogens is 1. The first kappa shape index (κ1) is 15.2. The van der Waals surface area contributed by atoms with E-state index in [1.165, 1.54) is 6.92 Å². The summed E-state index contributed by atoms with van der Waals surface area (Å²) in [7, 11) is 2.27. The SMILES string of the molecule is COc1c(OC)c([N+](=O)[O-])c2c(C)[n+]([O-])ccc2c1[N+](=O)[O-]. The molecular formula is C12H11N3O7. The fourth-order valence-corrected chi connectivity index (χ4v) is 2.32. The van der Waals surface area contributed by atoms with Gasteiger partial charge in [-0.2, -0.15) is 4.73 Å². The first-order valence-electron chi connectivity index (χ1n) is 5.94. The van der Waals surface area contributed by atoms with E-state index in [2.05, 4.69) is 0 Å². The normalized spacial score (nSPS) is 10.5. The fraction of sp³-hybridized carbons (Fsp3) is 0.250. The summed E-state index contributed by atoms with van der Waals surface area (Å²) in [6.45, 7) is 1.33. The van der Waals surface area contributed by atoms with Crippen LogP contribution in [0.1, 0.15) is 5.69 Å². The van der Waals surface area contributed by atoms with Gasteiger partial charge in [0.2, 0.25) is 17.2 Å². The van der Waals surface area contributed by atoms with Gasteiger partial charge in [-0.05, 0) is 0 Å². The minimum atomic E-state index is -0.763. The molecule has 0 N–H and O–H groups in total. The predicted molar refractivity (Wildman–Crippen MR) is 74.1 cm³/mol. The van der Waals surface area contributed by atoms with Gasteiger partial charge in [0.05, 0.1) is 29.5 Å². The van der Waals surface area contributed by atoms with E-state index in [1.54, 1.807) is 0 Å². The number of benzene rings is 1. The highest BCUT2D eigenvalue weighted by atomic mass is 16.6. The van der Waals surface area contributed by atoms with Gasteiger partial charge >= 0.3 is 11.4 Å². The number of aryl methyl sites for hydroxylation is 1. The average Bonchev–Trinajstić information content (AvgIpc) is 2.47. The minimum absolute atomic E-state index is 0.0479. The van der Waals surface area contributed by atoms with Crippen molar-refractivity contribution in [2.45, 2.75) is 6.92 Å². The summed E-state index contributed by atoms with van der Waals surface area (Å²) in [5.74, 6) is -0.768. The van der Waals surface area contributed by atoms with E-state index < -0.39 is 27.0 Å². The molecule has 0 aliphatic carbocycles. The van der Waals surface area contributed by atoms with Crippen LogP contribution in [0.2, 0.25) is 0 Å². The lowest BCUT2D eigenvalue weighted by molar-refractivity contribution is -0.610. The van der Waals surface area contributed by atoms with Crippen LogP contribution in [0, 0.1) is 32.4 Å². The van der Waals surface area contributed by atoms with E-state index in [1.807, 2.05) is 0 Å². The number of nitrogens with zero attached hydrogens (tertiary/aromatic N) is 3. The van der Waals surface area contributed by atoms with Crippen molar-refractivity contribution in [2.75, 3.05) is 14.2 Å². The van der Waals surface area contributed by atoms with Gasteiger partial charge in [0.1, 0.15) is 5.39 Å². The molecule has 0 fully saturated rings. The van der Waals surface area contributed by atoms with Crippen LogP contribution in [0.25, 0.3) is 10.8 Å². The van der Waals surface area contributed by atoms with Crippen molar-refractivity contribution < 1.29 is 24.1 Å². The van der Waals surface area contributed by atoms with Gasteiger partial charge in [0.15, 0.2) is 6.20 Å². The molecule has 0 amide bonds. The van der Waals surface area contributed by atoms with Crippen LogP contribution >= 0.6 is 0 Å². The van der Waals surface area contributed by atoms with E-state index in [-0.39, 0.29) is 22.2 Å². The topological polar surface area (TPSA) is 132 Å². The summed E-state index contributed by atoms with van der Waals surface area (Å²) in [4.78, 5) is 21.3. The molecule has 0 atom stereocenters. The standard InChI is InChI=1S/C12H11N3O7/c1-6-8-7(4-5-13(6)16)9(14(17)18)11(21-2)12(22-3)10(8)15(19)20/h4-5H,1-3H3. The zero-order valence-electron chi connectivity index (χ0n) is 11.9. The van der Waals surface area contributed by atoms with Gasteiger partial charge in [-0.3, -0.25) is 20.2 Å². The molecular weight excluding hydrogens is 298 g/mol. The van der Waals surface area contributed by atoms with Crippen LogP contribution in [-0.2, 0) is 0 Å². The first-order valence-corrected chi connectivity index (χ1v) is 5.94. The van der Waals surface area contributed by atoms with Gasteiger partial charge in [-0.15, -0.1) is 0 Å². The van der Waals surface area contributed by atoms with E-state index in [0.29, 0.717) is 4.73 Å². The molecule has 0 aliphatic heterocycles. The van der Waals surface area contributed by atoms with E-state index >= 15 is 0 Å². The number of nitro groups is 2. The summed E-state index contributed by atoms with van der Waals surface area (Å²) in [6.07, 6.45) is 1.04. The van der Waals surface area contributed by atoms with Crippen LogP contribution in [0.3, 0.4) is 0 Å². The van der Waals surface area contributed by atoms with Crippen molar-refractivity contribution in [3.05, 3.63) is 43.4 Å². The van der Waals surface area contributed by atoms with Crippen LogP contribution in [0.5, 0.6) is 11.5 Å². The molecule has 0 unspecified atom stereocenters. The maximum Gasteiger partial charge on any atom is 0.329 e. The maximum atomic E-state index is 11.7. The summed E-state index contributed by atoms with van der Waals surface area (Å²) in [5.41, 5.74) is -1.10. The van der Waals surface area contributed by atoms with E-state index in [9.17, 15) is 25.4 Å². The Morgan fingerprint density at radius 3 is 2.00 bits per heavy atom. The Hall–Kier alpha value is -3.17. The predicted octanol–water partition coefficient (Wildman–Crippen LogP) is 1.62. The molecule has 1 heterocycles. The smallest absolute Gasteiger partial charge is 0.329 e. The van der Waals surface area contributed by atoms with Crippen LogP contribution in [-0.4, -0.2) is 24.1 Å². The molecule has 1 aromatic carbocycles. The molecule has 1 aromatic heterocycles. The molecule has 0 radical (unpaired) electrons. The third-order valence-electron chi connectivity index (χ3n) is 3.24. The quantitative estimate of drug-likeness (QED) is 0.362. The van der Waals surface area contributed by atoms with Crippen LogP contribution in [0.4, 0.5) is 11.4 Å². The maximum absolute atomic E-state index is 11.7.